The van der Waals surface area contributed by atoms with Crippen LogP contribution in [0.4, 0.5) is 15.9 Å². The van der Waals surface area contributed by atoms with Crippen molar-refractivity contribution in [1.29, 1.82) is 0 Å². The zero-order valence-electron chi connectivity index (χ0n) is 17.2. The second-order valence-electron chi connectivity index (χ2n) is 7.34. The number of rotatable bonds is 5. The fraction of sp³-hybridized carbons (Fsp3) is 0.0833. The van der Waals surface area contributed by atoms with Crippen LogP contribution < -0.4 is 16.8 Å². The molecule has 0 radical (unpaired) electrons. The van der Waals surface area contributed by atoms with Crippen molar-refractivity contribution in [3.05, 3.63) is 83.4 Å². The van der Waals surface area contributed by atoms with Gasteiger partial charge in [0.15, 0.2) is 0 Å². The highest BCUT2D eigenvalue weighted by molar-refractivity contribution is 6.04. The van der Waals surface area contributed by atoms with Gasteiger partial charge in [0.25, 0.3) is 5.91 Å². The molecule has 2 amide bonds. The number of nitrogens with two attached hydrogens (primary N) is 2. The molecule has 8 heteroatoms. The summed E-state index contributed by atoms with van der Waals surface area (Å²) < 4.78 is 15.5. The lowest BCUT2D eigenvalue weighted by Gasteiger charge is -2.13. The number of carbonyl (C=O) groups is 2. The van der Waals surface area contributed by atoms with E-state index in [0.717, 1.165) is 5.56 Å². The molecule has 0 spiro atoms. The maximum Gasteiger partial charge on any atom is 0.255 e. The third-order valence-corrected chi connectivity index (χ3v) is 5.03. The Balaban J connectivity index is 1.74. The van der Waals surface area contributed by atoms with Crippen molar-refractivity contribution in [2.45, 2.75) is 13.3 Å². The lowest BCUT2D eigenvalue weighted by atomic mass is 9.97. The van der Waals surface area contributed by atoms with Gasteiger partial charge in [-0.25, -0.2) is 14.4 Å². The summed E-state index contributed by atoms with van der Waals surface area (Å²) >= 11 is 0. The number of nitrogens with one attached hydrogen (secondary N) is 1. The molecule has 0 bridgehead atoms. The van der Waals surface area contributed by atoms with Gasteiger partial charge in [-0.3, -0.25) is 9.59 Å². The van der Waals surface area contributed by atoms with Gasteiger partial charge in [-0.15, -0.1) is 0 Å². The molecule has 0 aliphatic rings. The van der Waals surface area contributed by atoms with Crippen LogP contribution in [0.5, 0.6) is 0 Å². The first-order chi connectivity index (χ1) is 15.3. The van der Waals surface area contributed by atoms with E-state index in [1.807, 2.05) is 13.0 Å². The van der Waals surface area contributed by atoms with Crippen molar-refractivity contribution in [3.63, 3.8) is 0 Å². The van der Waals surface area contributed by atoms with Crippen molar-refractivity contribution in [3.8, 4) is 11.1 Å². The lowest BCUT2D eigenvalue weighted by Crippen LogP contribution is -2.16. The SMILES string of the molecule is Cc1ccc(NC(=O)c2ccccc2)cc1-c1ccc2nc(CC(N)=O)nc(N)c2c1F. The van der Waals surface area contributed by atoms with Gasteiger partial charge in [0.2, 0.25) is 5.91 Å². The summed E-state index contributed by atoms with van der Waals surface area (Å²) in [6.45, 7) is 1.84. The standard InChI is InChI=1S/C24H20FN5O2/c1-13-7-8-15(28-24(32)14-5-3-2-4-6-14)11-17(13)16-9-10-18-21(22(16)25)23(27)30-20(29-18)12-19(26)31/h2-11H,12H2,1H3,(H2,26,31)(H,28,32)(H2,27,29,30). The molecule has 0 aliphatic heterocycles. The van der Waals surface area contributed by atoms with Crippen LogP contribution >= 0.6 is 0 Å². The fourth-order valence-electron chi connectivity index (χ4n) is 3.49. The lowest BCUT2D eigenvalue weighted by molar-refractivity contribution is -0.117. The first kappa shape index (κ1) is 20.9. The summed E-state index contributed by atoms with van der Waals surface area (Å²) in [4.78, 5) is 31.9. The zero-order valence-corrected chi connectivity index (χ0v) is 17.2. The number of nitrogens with zero attached hydrogens (tertiary/aromatic N) is 2. The molecule has 0 aliphatic carbocycles. The van der Waals surface area contributed by atoms with E-state index in [1.54, 1.807) is 54.6 Å². The summed E-state index contributed by atoms with van der Waals surface area (Å²) in [6.07, 6.45) is -0.189. The topological polar surface area (TPSA) is 124 Å². The molecule has 0 saturated heterocycles. The van der Waals surface area contributed by atoms with Crippen molar-refractivity contribution in [2.75, 3.05) is 11.1 Å². The number of fused-ring (bicyclic) bond motifs is 1. The van der Waals surface area contributed by atoms with Crippen molar-refractivity contribution in [2.24, 2.45) is 5.73 Å². The highest BCUT2D eigenvalue weighted by Gasteiger charge is 2.17. The fourth-order valence-corrected chi connectivity index (χ4v) is 3.49. The Morgan fingerprint density at radius 2 is 1.75 bits per heavy atom. The van der Waals surface area contributed by atoms with Crippen LogP contribution in [0.2, 0.25) is 0 Å². The van der Waals surface area contributed by atoms with Crippen molar-refractivity contribution < 1.29 is 14.0 Å². The van der Waals surface area contributed by atoms with E-state index in [-0.39, 0.29) is 34.9 Å². The molecule has 160 valence electrons. The van der Waals surface area contributed by atoms with Gasteiger partial charge in [0, 0.05) is 16.8 Å². The Morgan fingerprint density at radius 3 is 2.47 bits per heavy atom. The number of aryl methyl sites for hydroxylation is 1. The molecule has 32 heavy (non-hydrogen) atoms. The molecule has 0 saturated carbocycles. The Bertz CT molecular complexity index is 1360. The maximum absolute atomic E-state index is 15.5. The highest BCUT2D eigenvalue weighted by atomic mass is 19.1. The number of nitrogen functional groups attached to an aromatic ring is 1. The number of halogens is 1. The molecule has 0 fully saturated rings. The predicted octanol–water partition coefficient (Wildman–Crippen LogP) is 3.61. The highest BCUT2D eigenvalue weighted by Crippen LogP contribution is 2.34. The van der Waals surface area contributed by atoms with E-state index < -0.39 is 11.7 Å². The number of carbonyl (C=O) groups excluding carboxylic acids is 2. The van der Waals surface area contributed by atoms with Crippen molar-refractivity contribution in [1.82, 2.24) is 9.97 Å². The normalized spacial score (nSPS) is 10.8. The number of hydrogen-bond donors (Lipinski definition) is 3. The van der Waals surface area contributed by atoms with Gasteiger partial charge in [-0.1, -0.05) is 24.3 Å². The van der Waals surface area contributed by atoms with E-state index in [2.05, 4.69) is 15.3 Å². The summed E-state index contributed by atoms with van der Waals surface area (Å²) in [6, 6.07) is 17.3. The zero-order chi connectivity index (χ0) is 22.8. The second-order valence-corrected chi connectivity index (χ2v) is 7.34. The van der Waals surface area contributed by atoms with Gasteiger partial charge in [0.1, 0.15) is 17.5 Å². The molecule has 1 heterocycles. The third kappa shape index (κ3) is 4.11. The largest absolute Gasteiger partial charge is 0.383 e. The molecule has 1 aromatic heterocycles. The number of aromatic nitrogens is 2. The first-order valence-electron chi connectivity index (χ1n) is 9.84. The van der Waals surface area contributed by atoms with Crippen LogP contribution in [0.15, 0.2) is 60.7 Å². The van der Waals surface area contributed by atoms with Gasteiger partial charge < -0.3 is 16.8 Å². The van der Waals surface area contributed by atoms with Crippen LogP contribution in [0.1, 0.15) is 21.7 Å². The Labute approximate surface area is 183 Å². The molecule has 4 aromatic rings. The number of benzene rings is 3. The van der Waals surface area contributed by atoms with Crippen LogP contribution in [0.3, 0.4) is 0 Å². The summed E-state index contributed by atoms with van der Waals surface area (Å²) in [7, 11) is 0. The minimum absolute atomic E-state index is 0.0637. The average Bonchev–Trinajstić information content (AvgIpc) is 2.75. The quantitative estimate of drug-likeness (QED) is 0.447. The van der Waals surface area contributed by atoms with E-state index in [1.165, 1.54) is 0 Å². The molecule has 7 nitrogen and oxygen atoms in total. The first-order valence-corrected chi connectivity index (χ1v) is 9.84. The third-order valence-electron chi connectivity index (χ3n) is 5.03. The van der Waals surface area contributed by atoms with Crippen LogP contribution in [0, 0.1) is 12.7 Å². The molecular weight excluding hydrogens is 409 g/mol. The van der Waals surface area contributed by atoms with Gasteiger partial charge in [0.05, 0.1) is 17.3 Å². The average molecular weight is 429 g/mol. The van der Waals surface area contributed by atoms with Gasteiger partial charge >= 0.3 is 0 Å². The molecule has 4 rings (SSSR count). The summed E-state index contributed by atoms with van der Waals surface area (Å²) in [5.41, 5.74) is 14.2. The van der Waals surface area contributed by atoms with E-state index in [0.29, 0.717) is 22.4 Å². The maximum atomic E-state index is 15.5. The number of hydrogen-bond acceptors (Lipinski definition) is 5. The van der Waals surface area contributed by atoms with Crippen LogP contribution in [0.25, 0.3) is 22.0 Å². The van der Waals surface area contributed by atoms with E-state index >= 15 is 4.39 Å². The van der Waals surface area contributed by atoms with Crippen LogP contribution in [-0.2, 0) is 11.2 Å². The summed E-state index contributed by atoms with van der Waals surface area (Å²) in [5.74, 6) is -1.39. The second kappa shape index (κ2) is 8.43. The Morgan fingerprint density at radius 1 is 1.00 bits per heavy atom. The number of amides is 2. The Hall–Kier alpha value is -4.33. The minimum atomic E-state index is -0.606. The molecule has 0 atom stereocenters. The van der Waals surface area contributed by atoms with Gasteiger partial charge in [-0.05, 0) is 54.4 Å². The summed E-state index contributed by atoms with van der Waals surface area (Å²) in [5, 5.41) is 2.90. The van der Waals surface area contributed by atoms with E-state index in [9.17, 15) is 9.59 Å². The van der Waals surface area contributed by atoms with E-state index in [4.69, 9.17) is 11.5 Å². The predicted molar refractivity (Wildman–Crippen MR) is 121 cm³/mol. The Kier molecular flexibility index (Phi) is 5.51. The number of anilines is 2. The molecule has 3 aromatic carbocycles. The van der Waals surface area contributed by atoms with Crippen LogP contribution in [-0.4, -0.2) is 21.8 Å². The minimum Gasteiger partial charge on any atom is -0.383 e. The van der Waals surface area contributed by atoms with Gasteiger partial charge in [-0.2, -0.15) is 0 Å². The molecule has 5 N–H and O–H groups in total. The molecular formula is C24H20FN5O2. The molecule has 0 unspecified atom stereocenters. The van der Waals surface area contributed by atoms with Crippen molar-refractivity contribution >= 4 is 34.2 Å². The monoisotopic (exact) mass is 429 g/mol. The number of primary amides is 1. The smallest absolute Gasteiger partial charge is 0.255 e.